The summed E-state index contributed by atoms with van der Waals surface area (Å²) in [5.41, 5.74) is 1.05. The molecule has 0 radical (unpaired) electrons. The third-order valence-corrected chi connectivity index (χ3v) is 6.72. The maximum Gasteiger partial charge on any atom is 0.332 e. The van der Waals surface area contributed by atoms with Gasteiger partial charge in [0.05, 0.1) is 23.4 Å². The molecular weight excluding hydrogens is 506 g/mol. The van der Waals surface area contributed by atoms with E-state index in [1.54, 1.807) is 25.1 Å². The van der Waals surface area contributed by atoms with Crippen molar-refractivity contribution in [1.82, 2.24) is 14.1 Å². The van der Waals surface area contributed by atoms with Crippen molar-refractivity contribution >= 4 is 11.5 Å². The zero-order chi connectivity index (χ0) is 28.1. The average molecular weight is 541 g/mol. The van der Waals surface area contributed by atoms with Crippen molar-refractivity contribution in [1.29, 1.82) is 0 Å². The molecule has 10 heteroatoms. The summed E-state index contributed by atoms with van der Waals surface area (Å²) in [5, 5.41) is 9.24. The van der Waals surface area contributed by atoms with Gasteiger partial charge in [0, 0.05) is 19.2 Å². The number of halogens is 2. The molecule has 1 aliphatic carbocycles. The molecule has 0 atom stereocenters. The van der Waals surface area contributed by atoms with Crippen molar-refractivity contribution in [2.45, 2.75) is 65.5 Å². The van der Waals surface area contributed by atoms with Gasteiger partial charge in [-0.2, -0.15) is 9.37 Å². The Morgan fingerprint density at radius 1 is 1.15 bits per heavy atom. The Bertz CT molecular complexity index is 1460. The molecule has 208 valence electrons. The van der Waals surface area contributed by atoms with Crippen molar-refractivity contribution in [3.05, 3.63) is 85.7 Å². The Labute approximate surface area is 225 Å². The standard InChI is InChI=1S/C29H34F2N4O4/c1-18(2)35-26(19(3)28(37)34(29(35)38)15-4-16-36)32-24(13-9-20-7-10-22(30)11-8-20)23-12-14-25(31)33-27(23)39-17-21-5-6-21/h7-8,10-12,14,18,21,36H,4-6,9,13,15-17H2,1-3H3. The van der Waals surface area contributed by atoms with Crippen LogP contribution < -0.4 is 16.0 Å². The minimum atomic E-state index is -0.691. The Morgan fingerprint density at radius 3 is 2.51 bits per heavy atom. The lowest BCUT2D eigenvalue weighted by Crippen LogP contribution is -2.42. The number of hydrogen-bond donors (Lipinski definition) is 1. The second kappa shape index (κ2) is 12.5. The molecule has 1 aromatic carbocycles. The summed E-state index contributed by atoms with van der Waals surface area (Å²) < 4.78 is 36.1. The lowest BCUT2D eigenvalue weighted by molar-refractivity contribution is 0.277. The van der Waals surface area contributed by atoms with Gasteiger partial charge in [0.15, 0.2) is 0 Å². The molecule has 0 spiro atoms. The fourth-order valence-corrected chi connectivity index (χ4v) is 4.34. The number of aliphatic imine (C=N–C) groups is 1. The van der Waals surface area contributed by atoms with Crippen LogP contribution in [0.1, 0.15) is 62.3 Å². The number of aliphatic hydroxyl groups excluding tert-OH is 1. The first-order valence-electron chi connectivity index (χ1n) is 13.3. The maximum absolute atomic E-state index is 14.2. The van der Waals surface area contributed by atoms with Crippen LogP contribution in [0.3, 0.4) is 0 Å². The molecule has 3 aromatic rings. The minimum Gasteiger partial charge on any atom is -0.477 e. The average Bonchev–Trinajstić information content (AvgIpc) is 3.74. The quantitative estimate of drug-likeness (QED) is 0.270. The van der Waals surface area contributed by atoms with Crippen molar-refractivity contribution in [2.75, 3.05) is 13.2 Å². The van der Waals surface area contributed by atoms with Gasteiger partial charge in [0.2, 0.25) is 11.8 Å². The highest BCUT2D eigenvalue weighted by molar-refractivity contribution is 6.03. The molecule has 0 unspecified atom stereocenters. The molecular formula is C29H34F2N4O4. The van der Waals surface area contributed by atoms with E-state index >= 15 is 0 Å². The molecule has 0 bridgehead atoms. The van der Waals surface area contributed by atoms with Gasteiger partial charge >= 0.3 is 5.69 Å². The molecule has 39 heavy (non-hydrogen) atoms. The molecule has 1 saturated carbocycles. The first-order valence-corrected chi connectivity index (χ1v) is 13.3. The zero-order valence-corrected chi connectivity index (χ0v) is 22.5. The number of rotatable bonds is 12. The molecule has 1 fully saturated rings. The van der Waals surface area contributed by atoms with E-state index in [0.29, 0.717) is 36.6 Å². The van der Waals surface area contributed by atoms with Gasteiger partial charge < -0.3 is 9.84 Å². The van der Waals surface area contributed by atoms with Crippen LogP contribution >= 0.6 is 0 Å². The molecule has 1 aliphatic rings. The summed E-state index contributed by atoms with van der Waals surface area (Å²) in [7, 11) is 0. The smallest absolute Gasteiger partial charge is 0.332 e. The SMILES string of the molecule is Cc1c(N=C(CCc2ccc(F)cc2)c2ccc(F)nc2OCC2CC2)n(C(C)C)c(=O)n(CCCO)c1=O. The first-order chi connectivity index (χ1) is 18.7. The molecule has 0 amide bonds. The largest absolute Gasteiger partial charge is 0.477 e. The molecule has 1 N–H and O–H groups in total. The number of benzene rings is 1. The van der Waals surface area contributed by atoms with Crippen LogP contribution in [0.15, 0.2) is 51.0 Å². The maximum atomic E-state index is 14.2. The number of aromatic nitrogens is 3. The van der Waals surface area contributed by atoms with Crippen molar-refractivity contribution in [3.8, 4) is 5.88 Å². The second-order valence-electron chi connectivity index (χ2n) is 10.2. The number of aliphatic hydroxyl groups is 1. The molecule has 2 aromatic heterocycles. The summed E-state index contributed by atoms with van der Waals surface area (Å²) in [6.07, 6.45) is 3.15. The zero-order valence-electron chi connectivity index (χ0n) is 22.5. The Balaban J connectivity index is 1.86. The number of hydrogen-bond acceptors (Lipinski definition) is 6. The summed E-state index contributed by atoms with van der Waals surface area (Å²) >= 11 is 0. The molecule has 0 aliphatic heterocycles. The normalized spacial score (nSPS) is 13.8. The van der Waals surface area contributed by atoms with Crippen LogP contribution in [0, 0.1) is 24.6 Å². The predicted octanol–water partition coefficient (Wildman–Crippen LogP) is 4.50. The first kappa shape index (κ1) is 28.4. The second-order valence-corrected chi connectivity index (χ2v) is 10.2. The molecule has 0 saturated heterocycles. The van der Waals surface area contributed by atoms with Crippen molar-refractivity contribution in [3.63, 3.8) is 0 Å². The summed E-state index contributed by atoms with van der Waals surface area (Å²) in [6, 6.07) is 8.55. The lowest BCUT2D eigenvalue weighted by atomic mass is 10.0. The fourth-order valence-electron chi connectivity index (χ4n) is 4.34. The molecule has 4 rings (SSSR count). The molecule has 8 nitrogen and oxygen atoms in total. The Hall–Kier alpha value is -3.66. The van der Waals surface area contributed by atoms with Crippen LogP contribution in [-0.2, 0) is 13.0 Å². The Kier molecular flexibility index (Phi) is 9.06. The van der Waals surface area contributed by atoms with E-state index < -0.39 is 17.2 Å². The van der Waals surface area contributed by atoms with Gasteiger partial charge in [-0.05, 0) is 88.6 Å². The van der Waals surface area contributed by atoms with Gasteiger partial charge in [0.1, 0.15) is 11.6 Å². The van der Waals surface area contributed by atoms with Gasteiger partial charge in [0.25, 0.3) is 5.56 Å². The van der Waals surface area contributed by atoms with E-state index in [1.807, 2.05) is 13.8 Å². The van der Waals surface area contributed by atoms with E-state index in [1.165, 1.54) is 22.8 Å². The van der Waals surface area contributed by atoms with Crippen molar-refractivity contribution < 1.29 is 18.6 Å². The van der Waals surface area contributed by atoms with Crippen LogP contribution in [0.4, 0.5) is 14.6 Å². The topological polar surface area (TPSA) is 98.7 Å². The number of aryl methyl sites for hydroxylation is 1. The van der Waals surface area contributed by atoms with E-state index in [2.05, 4.69) is 4.98 Å². The fraction of sp³-hybridized carbons (Fsp3) is 0.448. The lowest BCUT2D eigenvalue weighted by Gasteiger charge is -2.20. The number of nitrogens with zero attached hydrogens (tertiary/aromatic N) is 4. The van der Waals surface area contributed by atoms with E-state index in [9.17, 15) is 23.5 Å². The summed E-state index contributed by atoms with van der Waals surface area (Å²) in [5.74, 6) is -0.324. The van der Waals surface area contributed by atoms with Crippen LogP contribution in [-0.4, -0.2) is 38.2 Å². The van der Waals surface area contributed by atoms with Crippen molar-refractivity contribution in [2.24, 2.45) is 10.9 Å². The highest BCUT2D eigenvalue weighted by Gasteiger charge is 2.24. The Morgan fingerprint density at radius 2 is 1.87 bits per heavy atom. The number of pyridine rings is 1. The minimum absolute atomic E-state index is 0.0875. The predicted molar refractivity (Wildman–Crippen MR) is 145 cm³/mol. The monoisotopic (exact) mass is 540 g/mol. The number of ether oxygens (including phenoxy) is 1. The van der Waals surface area contributed by atoms with Gasteiger partial charge in [-0.3, -0.25) is 13.9 Å². The van der Waals surface area contributed by atoms with Gasteiger partial charge in [-0.1, -0.05) is 12.1 Å². The summed E-state index contributed by atoms with van der Waals surface area (Å²) in [6.45, 7) is 5.60. The summed E-state index contributed by atoms with van der Waals surface area (Å²) in [4.78, 5) is 35.4. The highest BCUT2D eigenvalue weighted by Crippen LogP contribution is 2.31. The van der Waals surface area contributed by atoms with Crippen LogP contribution in [0.5, 0.6) is 5.88 Å². The molecule has 2 heterocycles. The van der Waals surface area contributed by atoms with Crippen LogP contribution in [0.25, 0.3) is 0 Å². The third-order valence-electron chi connectivity index (χ3n) is 6.72. The van der Waals surface area contributed by atoms with Gasteiger partial charge in [-0.25, -0.2) is 14.2 Å². The van der Waals surface area contributed by atoms with E-state index in [-0.39, 0.29) is 48.7 Å². The van der Waals surface area contributed by atoms with E-state index in [0.717, 1.165) is 23.0 Å². The highest BCUT2D eigenvalue weighted by atomic mass is 19.1. The van der Waals surface area contributed by atoms with Gasteiger partial charge in [-0.15, -0.1) is 0 Å². The van der Waals surface area contributed by atoms with Crippen LogP contribution in [0.2, 0.25) is 0 Å². The van der Waals surface area contributed by atoms with E-state index in [4.69, 9.17) is 9.73 Å². The third kappa shape index (κ3) is 6.86.